The van der Waals surface area contributed by atoms with E-state index < -0.39 is 0 Å². The number of carbonyl (C=O) groups is 2. The molecule has 1 aromatic rings. The van der Waals surface area contributed by atoms with Crippen LogP contribution in [0.15, 0.2) is 18.6 Å². The SMILES string of the molecule is CC(=O)CC(=O)c1cnccn1. The Balaban J connectivity index is 2.73. The maximum Gasteiger partial charge on any atom is 0.190 e. The first kappa shape index (κ1) is 8.52. The van der Waals surface area contributed by atoms with Crippen LogP contribution in [0.5, 0.6) is 0 Å². The van der Waals surface area contributed by atoms with E-state index in [1.54, 1.807) is 0 Å². The second-order valence-corrected chi connectivity index (χ2v) is 2.39. The second kappa shape index (κ2) is 3.71. The fourth-order valence-corrected chi connectivity index (χ4v) is 0.760. The predicted octanol–water partition coefficient (Wildman–Crippen LogP) is 0.638. The Morgan fingerprint density at radius 3 is 2.67 bits per heavy atom. The molecule has 0 saturated heterocycles. The van der Waals surface area contributed by atoms with E-state index in [2.05, 4.69) is 9.97 Å². The molecular weight excluding hydrogens is 156 g/mol. The molecule has 0 aliphatic carbocycles. The molecular formula is C8H8N2O2. The van der Waals surface area contributed by atoms with Gasteiger partial charge in [-0.15, -0.1) is 0 Å². The minimum atomic E-state index is -0.282. The van der Waals surface area contributed by atoms with E-state index in [1.165, 1.54) is 25.5 Å². The van der Waals surface area contributed by atoms with Crippen LogP contribution in [0.2, 0.25) is 0 Å². The van der Waals surface area contributed by atoms with Crippen LogP contribution in [0, 0.1) is 0 Å². The molecule has 0 N–H and O–H groups in total. The van der Waals surface area contributed by atoms with Crippen LogP contribution in [-0.2, 0) is 4.79 Å². The predicted molar refractivity (Wildman–Crippen MR) is 41.7 cm³/mol. The summed E-state index contributed by atoms with van der Waals surface area (Å²) in [7, 11) is 0. The zero-order valence-electron chi connectivity index (χ0n) is 6.65. The Labute approximate surface area is 69.7 Å². The van der Waals surface area contributed by atoms with E-state index in [-0.39, 0.29) is 23.7 Å². The molecule has 0 unspecified atom stereocenters. The van der Waals surface area contributed by atoms with Crippen molar-refractivity contribution < 1.29 is 9.59 Å². The minimum Gasteiger partial charge on any atom is -0.300 e. The number of aromatic nitrogens is 2. The summed E-state index contributed by atoms with van der Waals surface area (Å²) in [6.45, 7) is 1.37. The van der Waals surface area contributed by atoms with Crippen molar-refractivity contribution in [3.63, 3.8) is 0 Å². The van der Waals surface area contributed by atoms with Gasteiger partial charge in [-0.3, -0.25) is 14.6 Å². The molecule has 12 heavy (non-hydrogen) atoms. The van der Waals surface area contributed by atoms with E-state index >= 15 is 0 Å². The molecule has 0 atom stereocenters. The third-order valence-corrected chi connectivity index (χ3v) is 1.26. The van der Waals surface area contributed by atoms with Gasteiger partial charge in [0, 0.05) is 12.4 Å². The van der Waals surface area contributed by atoms with Gasteiger partial charge in [0.2, 0.25) is 0 Å². The molecule has 1 heterocycles. The van der Waals surface area contributed by atoms with Crippen LogP contribution in [0.4, 0.5) is 0 Å². The summed E-state index contributed by atoms with van der Waals surface area (Å²) in [6.07, 6.45) is 4.15. The normalized spacial score (nSPS) is 9.42. The molecule has 0 saturated carbocycles. The quantitative estimate of drug-likeness (QED) is 0.485. The Morgan fingerprint density at radius 1 is 1.42 bits per heavy atom. The first-order valence-corrected chi connectivity index (χ1v) is 3.49. The molecule has 4 nitrogen and oxygen atoms in total. The number of Topliss-reactive ketones (excluding diaryl/α,β-unsaturated/α-hetero) is 2. The zero-order valence-corrected chi connectivity index (χ0v) is 6.65. The Morgan fingerprint density at radius 2 is 2.17 bits per heavy atom. The van der Waals surface area contributed by atoms with Gasteiger partial charge in [0.05, 0.1) is 12.6 Å². The highest BCUT2D eigenvalue weighted by Crippen LogP contribution is 1.96. The van der Waals surface area contributed by atoms with Gasteiger partial charge >= 0.3 is 0 Å². The van der Waals surface area contributed by atoms with E-state index in [0.717, 1.165) is 0 Å². The lowest BCUT2D eigenvalue weighted by Gasteiger charge is -1.94. The summed E-state index contributed by atoms with van der Waals surface area (Å²) in [5.41, 5.74) is 0.243. The van der Waals surface area contributed by atoms with E-state index in [0.29, 0.717) is 0 Å². The molecule has 62 valence electrons. The van der Waals surface area contributed by atoms with E-state index in [1.807, 2.05) is 0 Å². The summed E-state index contributed by atoms with van der Waals surface area (Å²) >= 11 is 0. The van der Waals surface area contributed by atoms with Gasteiger partial charge in [0.15, 0.2) is 5.78 Å². The topological polar surface area (TPSA) is 59.9 Å². The molecule has 0 amide bonds. The largest absolute Gasteiger partial charge is 0.300 e. The lowest BCUT2D eigenvalue weighted by Crippen LogP contribution is -2.06. The fraction of sp³-hybridized carbons (Fsp3) is 0.250. The van der Waals surface area contributed by atoms with Crippen LogP contribution in [0.1, 0.15) is 23.8 Å². The van der Waals surface area contributed by atoms with Crippen LogP contribution < -0.4 is 0 Å². The number of nitrogens with zero attached hydrogens (tertiary/aromatic N) is 2. The summed E-state index contributed by atoms with van der Waals surface area (Å²) < 4.78 is 0. The molecule has 4 heteroatoms. The number of ketones is 2. The van der Waals surface area contributed by atoms with Crippen molar-refractivity contribution in [1.29, 1.82) is 0 Å². The lowest BCUT2D eigenvalue weighted by atomic mass is 10.2. The Bertz CT molecular complexity index is 295. The molecule has 0 aliphatic rings. The monoisotopic (exact) mass is 164 g/mol. The maximum atomic E-state index is 11.1. The summed E-state index contributed by atoms with van der Waals surface area (Å²) in [5.74, 6) is -0.443. The van der Waals surface area contributed by atoms with Gasteiger partial charge in [0.1, 0.15) is 11.5 Å². The van der Waals surface area contributed by atoms with Crippen LogP contribution in [-0.4, -0.2) is 21.5 Å². The van der Waals surface area contributed by atoms with Crippen molar-refractivity contribution >= 4 is 11.6 Å². The van der Waals surface area contributed by atoms with Crippen molar-refractivity contribution in [2.24, 2.45) is 0 Å². The number of hydrogen-bond acceptors (Lipinski definition) is 4. The van der Waals surface area contributed by atoms with Crippen LogP contribution in [0.3, 0.4) is 0 Å². The van der Waals surface area contributed by atoms with Crippen LogP contribution in [0.25, 0.3) is 0 Å². The number of rotatable bonds is 3. The van der Waals surface area contributed by atoms with Crippen molar-refractivity contribution in [2.45, 2.75) is 13.3 Å². The van der Waals surface area contributed by atoms with Crippen molar-refractivity contribution in [2.75, 3.05) is 0 Å². The van der Waals surface area contributed by atoms with Gasteiger partial charge in [-0.25, -0.2) is 4.98 Å². The highest BCUT2D eigenvalue weighted by molar-refractivity contribution is 6.06. The minimum absolute atomic E-state index is 0.0985. The average Bonchev–Trinajstić information content (AvgIpc) is 2.05. The fourth-order valence-electron chi connectivity index (χ4n) is 0.760. The van der Waals surface area contributed by atoms with Crippen molar-refractivity contribution in [3.8, 4) is 0 Å². The number of hydrogen-bond donors (Lipinski definition) is 0. The van der Waals surface area contributed by atoms with Gasteiger partial charge in [-0.2, -0.15) is 0 Å². The molecule has 0 aliphatic heterocycles. The van der Waals surface area contributed by atoms with E-state index in [4.69, 9.17) is 0 Å². The van der Waals surface area contributed by atoms with Crippen molar-refractivity contribution in [3.05, 3.63) is 24.3 Å². The molecule has 1 rings (SSSR count). The zero-order chi connectivity index (χ0) is 8.97. The Hall–Kier alpha value is -1.58. The standard InChI is InChI=1S/C8H8N2O2/c1-6(11)4-8(12)7-5-9-2-3-10-7/h2-3,5H,4H2,1H3. The Kier molecular flexibility index (Phi) is 2.63. The molecule has 0 bridgehead atoms. The number of carbonyl (C=O) groups excluding carboxylic acids is 2. The second-order valence-electron chi connectivity index (χ2n) is 2.39. The van der Waals surface area contributed by atoms with Gasteiger partial charge < -0.3 is 0 Å². The van der Waals surface area contributed by atoms with Gasteiger partial charge in [-0.05, 0) is 6.92 Å². The smallest absolute Gasteiger partial charge is 0.190 e. The van der Waals surface area contributed by atoms with Gasteiger partial charge in [0.25, 0.3) is 0 Å². The molecule has 0 aromatic carbocycles. The van der Waals surface area contributed by atoms with Crippen molar-refractivity contribution in [1.82, 2.24) is 9.97 Å². The first-order chi connectivity index (χ1) is 5.70. The van der Waals surface area contributed by atoms with Gasteiger partial charge in [-0.1, -0.05) is 0 Å². The first-order valence-electron chi connectivity index (χ1n) is 3.49. The molecule has 0 fully saturated rings. The molecule has 1 aromatic heterocycles. The highest BCUT2D eigenvalue weighted by Gasteiger charge is 2.08. The summed E-state index contributed by atoms with van der Waals surface area (Å²) in [6, 6.07) is 0. The maximum absolute atomic E-state index is 11.1. The molecule has 0 radical (unpaired) electrons. The third-order valence-electron chi connectivity index (χ3n) is 1.26. The summed E-state index contributed by atoms with van der Waals surface area (Å²) in [4.78, 5) is 29.2. The van der Waals surface area contributed by atoms with E-state index in [9.17, 15) is 9.59 Å². The third kappa shape index (κ3) is 2.23. The molecule has 0 spiro atoms. The summed E-state index contributed by atoms with van der Waals surface area (Å²) in [5, 5.41) is 0. The van der Waals surface area contributed by atoms with Crippen LogP contribution >= 0.6 is 0 Å². The lowest BCUT2D eigenvalue weighted by molar-refractivity contribution is -0.116. The average molecular weight is 164 g/mol. The highest BCUT2D eigenvalue weighted by atomic mass is 16.1.